The number of para-hydroxylation sites is 1. The molecule has 0 spiro atoms. The number of nitro groups is 1. The van der Waals surface area contributed by atoms with Crippen molar-refractivity contribution < 1.29 is 19.2 Å². The minimum absolute atomic E-state index is 0.0266. The first-order chi connectivity index (χ1) is 14.4. The highest BCUT2D eigenvalue weighted by molar-refractivity contribution is 6.08. The number of nitrogens with one attached hydrogen (secondary N) is 2. The number of hydrogen-bond donors (Lipinski definition) is 2. The van der Waals surface area contributed by atoms with Crippen molar-refractivity contribution in [3.8, 4) is 5.75 Å². The standard InChI is InChI=1S/C22H19N3O5/c1-14-4-3-5-19(20(14)25(28)29)22(27)24-16-8-6-15(7-9-16)21(26)23-17-10-12-18(30-2)13-11-17/h3-13H,1-2H3,(H,23,26)(H,24,27). The number of ether oxygens (including phenoxy) is 1. The number of benzene rings is 3. The average Bonchev–Trinajstić information content (AvgIpc) is 2.74. The summed E-state index contributed by atoms with van der Waals surface area (Å²) in [6, 6.07) is 17.7. The van der Waals surface area contributed by atoms with Gasteiger partial charge >= 0.3 is 0 Å². The highest BCUT2D eigenvalue weighted by Crippen LogP contribution is 2.24. The molecule has 3 aromatic rings. The molecule has 0 atom stereocenters. The summed E-state index contributed by atoms with van der Waals surface area (Å²) >= 11 is 0. The van der Waals surface area contributed by atoms with Gasteiger partial charge in [-0.2, -0.15) is 0 Å². The van der Waals surface area contributed by atoms with Gasteiger partial charge in [-0.15, -0.1) is 0 Å². The summed E-state index contributed by atoms with van der Waals surface area (Å²) in [5.74, 6) is -0.227. The number of carbonyl (C=O) groups is 2. The second-order valence-electron chi connectivity index (χ2n) is 6.44. The Morgan fingerprint density at radius 1 is 0.867 bits per heavy atom. The number of hydrogen-bond acceptors (Lipinski definition) is 5. The third-order valence-electron chi connectivity index (χ3n) is 4.42. The van der Waals surface area contributed by atoms with E-state index in [-0.39, 0.29) is 17.2 Å². The summed E-state index contributed by atoms with van der Waals surface area (Å²) in [5.41, 5.74) is 1.57. The van der Waals surface area contributed by atoms with Crippen LogP contribution in [0.4, 0.5) is 17.1 Å². The molecule has 0 unspecified atom stereocenters. The summed E-state index contributed by atoms with van der Waals surface area (Å²) < 4.78 is 5.08. The molecule has 0 aliphatic heterocycles. The Kier molecular flexibility index (Phi) is 6.07. The molecule has 8 nitrogen and oxygen atoms in total. The van der Waals surface area contributed by atoms with E-state index in [4.69, 9.17) is 4.74 Å². The van der Waals surface area contributed by atoms with Gasteiger partial charge < -0.3 is 15.4 Å². The fraction of sp³-hybridized carbons (Fsp3) is 0.0909. The van der Waals surface area contributed by atoms with Gasteiger partial charge in [0.15, 0.2) is 0 Å². The van der Waals surface area contributed by atoms with Crippen molar-refractivity contribution >= 4 is 28.9 Å². The molecular weight excluding hydrogens is 386 g/mol. The van der Waals surface area contributed by atoms with Gasteiger partial charge in [-0.25, -0.2) is 0 Å². The number of methoxy groups -OCH3 is 1. The van der Waals surface area contributed by atoms with E-state index in [0.29, 0.717) is 28.3 Å². The van der Waals surface area contributed by atoms with Crippen LogP contribution in [0.2, 0.25) is 0 Å². The van der Waals surface area contributed by atoms with Gasteiger partial charge in [-0.1, -0.05) is 12.1 Å². The molecular formula is C22H19N3O5. The maximum Gasteiger partial charge on any atom is 0.285 e. The van der Waals surface area contributed by atoms with Crippen LogP contribution in [0, 0.1) is 17.0 Å². The zero-order valence-electron chi connectivity index (χ0n) is 16.3. The van der Waals surface area contributed by atoms with E-state index in [0.717, 1.165) is 0 Å². The van der Waals surface area contributed by atoms with Gasteiger partial charge in [0.1, 0.15) is 11.3 Å². The number of nitro benzene ring substituents is 1. The number of nitrogens with zero attached hydrogens (tertiary/aromatic N) is 1. The molecule has 0 aliphatic rings. The van der Waals surface area contributed by atoms with Crippen LogP contribution in [0.5, 0.6) is 5.75 Å². The number of anilines is 2. The monoisotopic (exact) mass is 405 g/mol. The summed E-state index contributed by atoms with van der Waals surface area (Å²) in [7, 11) is 1.56. The molecule has 0 fully saturated rings. The first kappa shape index (κ1) is 20.5. The lowest BCUT2D eigenvalue weighted by Crippen LogP contribution is -2.15. The SMILES string of the molecule is COc1ccc(NC(=O)c2ccc(NC(=O)c3cccc(C)c3[N+](=O)[O-])cc2)cc1. The van der Waals surface area contributed by atoms with Crippen molar-refractivity contribution in [1.29, 1.82) is 0 Å². The van der Waals surface area contributed by atoms with Gasteiger partial charge in [0.25, 0.3) is 17.5 Å². The van der Waals surface area contributed by atoms with Crippen molar-refractivity contribution in [2.24, 2.45) is 0 Å². The minimum atomic E-state index is -0.596. The molecule has 0 saturated heterocycles. The van der Waals surface area contributed by atoms with Crippen LogP contribution in [0.15, 0.2) is 66.7 Å². The number of amides is 2. The summed E-state index contributed by atoms with van der Waals surface area (Å²) in [6.45, 7) is 1.57. The predicted molar refractivity (Wildman–Crippen MR) is 113 cm³/mol. The zero-order chi connectivity index (χ0) is 21.7. The van der Waals surface area contributed by atoms with E-state index in [1.165, 1.54) is 6.07 Å². The maximum atomic E-state index is 12.5. The van der Waals surface area contributed by atoms with Gasteiger partial charge in [-0.05, 0) is 61.5 Å². The average molecular weight is 405 g/mol. The lowest BCUT2D eigenvalue weighted by atomic mass is 10.1. The van der Waals surface area contributed by atoms with Crippen LogP contribution in [-0.4, -0.2) is 23.8 Å². The number of carbonyl (C=O) groups excluding carboxylic acids is 2. The van der Waals surface area contributed by atoms with Crippen molar-refractivity contribution in [1.82, 2.24) is 0 Å². The smallest absolute Gasteiger partial charge is 0.285 e. The van der Waals surface area contributed by atoms with Crippen molar-refractivity contribution in [2.75, 3.05) is 17.7 Å². The molecule has 0 saturated carbocycles. The van der Waals surface area contributed by atoms with Crippen LogP contribution in [0.3, 0.4) is 0 Å². The third-order valence-corrected chi connectivity index (χ3v) is 4.42. The van der Waals surface area contributed by atoms with E-state index in [1.807, 2.05) is 0 Å². The van der Waals surface area contributed by atoms with E-state index in [2.05, 4.69) is 10.6 Å². The lowest BCUT2D eigenvalue weighted by Gasteiger charge is -2.09. The Hall–Kier alpha value is -4.20. The first-order valence-corrected chi connectivity index (χ1v) is 9.00. The molecule has 2 N–H and O–H groups in total. The molecule has 30 heavy (non-hydrogen) atoms. The summed E-state index contributed by atoms with van der Waals surface area (Å²) in [5, 5.41) is 16.7. The summed E-state index contributed by atoms with van der Waals surface area (Å²) in [4.78, 5) is 35.6. The lowest BCUT2D eigenvalue weighted by molar-refractivity contribution is -0.385. The van der Waals surface area contributed by atoms with E-state index < -0.39 is 10.8 Å². The highest BCUT2D eigenvalue weighted by Gasteiger charge is 2.22. The third kappa shape index (κ3) is 4.61. The topological polar surface area (TPSA) is 111 Å². The maximum absolute atomic E-state index is 12.5. The Bertz CT molecular complexity index is 1090. The fourth-order valence-corrected chi connectivity index (χ4v) is 2.87. The molecule has 8 heteroatoms. The highest BCUT2D eigenvalue weighted by atomic mass is 16.6. The largest absolute Gasteiger partial charge is 0.497 e. The molecule has 0 aliphatic carbocycles. The number of rotatable bonds is 6. The second-order valence-corrected chi connectivity index (χ2v) is 6.44. The normalized spacial score (nSPS) is 10.2. The van der Waals surface area contributed by atoms with Gasteiger partial charge in [0.05, 0.1) is 12.0 Å². The molecule has 3 aromatic carbocycles. The fourth-order valence-electron chi connectivity index (χ4n) is 2.87. The predicted octanol–water partition coefficient (Wildman–Crippen LogP) is 4.42. The zero-order valence-corrected chi connectivity index (χ0v) is 16.3. The molecule has 2 amide bonds. The van der Waals surface area contributed by atoms with Gasteiger partial charge in [0, 0.05) is 22.5 Å². The molecule has 0 aromatic heterocycles. The summed E-state index contributed by atoms with van der Waals surface area (Å²) in [6.07, 6.45) is 0. The molecule has 0 bridgehead atoms. The van der Waals surface area contributed by atoms with Crippen LogP contribution < -0.4 is 15.4 Å². The van der Waals surface area contributed by atoms with Crippen LogP contribution in [0.25, 0.3) is 0 Å². The van der Waals surface area contributed by atoms with Crippen molar-refractivity contribution in [2.45, 2.75) is 6.92 Å². The van der Waals surface area contributed by atoms with Crippen LogP contribution in [-0.2, 0) is 0 Å². The first-order valence-electron chi connectivity index (χ1n) is 9.00. The van der Waals surface area contributed by atoms with Crippen LogP contribution >= 0.6 is 0 Å². The van der Waals surface area contributed by atoms with E-state index in [1.54, 1.807) is 74.7 Å². The Morgan fingerprint density at radius 2 is 1.43 bits per heavy atom. The Morgan fingerprint density at radius 3 is 2.00 bits per heavy atom. The van der Waals surface area contributed by atoms with Gasteiger partial charge in [0.2, 0.25) is 0 Å². The molecule has 152 valence electrons. The van der Waals surface area contributed by atoms with Crippen LogP contribution in [0.1, 0.15) is 26.3 Å². The second kappa shape index (κ2) is 8.87. The number of aryl methyl sites for hydroxylation is 1. The van der Waals surface area contributed by atoms with E-state index >= 15 is 0 Å². The molecule has 3 rings (SSSR count). The molecule has 0 heterocycles. The molecule has 0 radical (unpaired) electrons. The minimum Gasteiger partial charge on any atom is -0.497 e. The quantitative estimate of drug-likeness (QED) is 0.466. The Balaban J connectivity index is 1.70. The van der Waals surface area contributed by atoms with Gasteiger partial charge in [-0.3, -0.25) is 19.7 Å². The van der Waals surface area contributed by atoms with E-state index in [9.17, 15) is 19.7 Å². The van der Waals surface area contributed by atoms with Crippen molar-refractivity contribution in [3.63, 3.8) is 0 Å². The van der Waals surface area contributed by atoms with Crippen molar-refractivity contribution in [3.05, 3.63) is 93.5 Å². The Labute approximate surface area is 172 Å².